The molecule has 0 bridgehead atoms. The van der Waals surface area contributed by atoms with Crippen molar-refractivity contribution >= 4 is 35.8 Å². The first-order valence-corrected chi connectivity index (χ1v) is 9.11. The highest BCUT2D eigenvalue weighted by Crippen LogP contribution is 2.24. The van der Waals surface area contributed by atoms with Crippen LogP contribution in [0.5, 0.6) is 0 Å². The Bertz CT molecular complexity index is 542. The average Bonchev–Trinajstić information content (AvgIpc) is 3.30. The Kier molecular flexibility index (Phi) is 10.6. The summed E-state index contributed by atoms with van der Waals surface area (Å²) in [6.45, 7) is 5.92. The van der Waals surface area contributed by atoms with Crippen molar-refractivity contribution < 1.29 is 9.21 Å². The van der Waals surface area contributed by atoms with E-state index in [2.05, 4.69) is 27.4 Å². The maximum atomic E-state index is 11.8. The van der Waals surface area contributed by atoms with Gasteiger partial charge in [0, 0.05) is 27.2 Å². The van der Waals surface area contributed by atoms with Crippen molar-refractivity contribution in [3.05, 3.63) is 24.2 Å². The molecule has 1 atom stereocenters. The highest BCUT2D eigenvalue weighted by Gasteiger charge is 2.25. The Morgan fingerprint density at radius 2 is 2.08 bits per heavy atom. The fourth-order valence-electron chi connectivity index (χ4n) is 2.84. The van der Waals surface area contributed by atoms with Crippen LogP contribution in [0.1, 0.15) is 38.0 Å². The number of rotatable bonds is 8. The van der Waals surface area contributed by atoms with Gasteiger partial charge in [0.25, 0.3) is 0 Å². The second-order valence-electron chi connectivity index (χ2n) is 6.53. The fourth-order valence-corrected chi connectivity index (χ4v) is 2.84. The molecule has 1 aliphatic rings. The molecule has 2 rings (SSSR count). The van der Waals surface area contributed by atoms with Gasteiger partial charge in [-0.15, -0.1) is 24.0 Å². The van der Waals surface area contributed by atoms with E-state index in [4.69, 9.17) is 4.42 Å². The monoisotopic (exact) mass is 477 g/mol. The van der Waals surface area contributed by atoms with Gasteiger partial charge in [-0.05, 0) is 44.5 Å². The van der Waals surface area contributed by atoms with E-state index in [1.165, 1.54) is 12.8 Å². The summed E-state index contributed by atoms with van der Waals surface area (Å²) in [7, 11) is 3.48. The molecule has 0 aliphatic carbocycles. The number of hydrogen-bond acceptors (Lipinski definition) is 4. The summed E-state index contributed by atoms with van der Waals surface area (Å²) >= 11 is 0. The molecule has 0 radical (unpaired) electrons. The number of guanidine groups is 1. The van der Waals surface area contributed by atoms with Crippen LogP contribution in [0.2, 0.25) is 0 Å². The summed E-state index contributed by atoms with van der Waals surface area (Å²) in [6, 6.07) is 4.13. The van der Waals surface area contributed by atoms with Gasteiger partial charge in [0.1, 0.15) is 12.3 Å². The molecule has 1 aromatic heterocycles. The van der Waals surface area contributed by atoms with E-state index in [0.717, 1.165) is 31.8 Å². The van der Waals surface area contributed by atoms with Crippen LogP contribution in [0.4, 0.5) is 0 Å². The molecule has 1 fully saturated rings. The molecule has 7 nitrogen and oxygen atoms in total. The second-order valence-corrected chi connectivity index (χ2v) is 6.53. The molecular formula is C18H32IN5O2. The molecule has 148 valence electrons. The molecular weight excluding hydrogens is 445 g/mol. The number of aliphatic imine (C=N–C) groups is 1. The van der Waals surface area contributed by atoms with Gasteiger partial charge < -0.3 is 20.0 Å². The second kappa shape index (κ2) is 12.2. The third-order valence-corrected chi connectivity index (χ3v) is 4.33. The van der Waals surface area contributed by atoms with Crippen LogP contribution in [0.15, 0.2) is 27.8 Å². The number of nitrogens with zero attached hydrogens (tertiary/aromatic N) is 3. The number of carbonyl (C=O) groups excluding carboxylic acids is 1. The van der Waals surface area contributed by atoms with Crippen LogP contribution >= 0.6 is 24.0 Å². The van der Waals surface area contributed by atoms with E-state index in [-0.39, 0.29) is 42.5 Å². The molecule has 2 N–H and O–H groups in total. The summed E-state index contributed by atoms with van der Waals surface area (Å²) in [5, 5.41) is 6.65. The molecule has 8 heteroatoms. The molecule has 26 heavy (non-hydrogen) atoms. The molecule has 1 amide bonds. The van der Waals surface area contributed by atoms with Crippen molar-refractivity contribution in [2.45, 2.75) is 32.2 Å². The predicted octanol–water partition coefficient (Wildman–Crippen LogP) is 2.07. The minimum atomic E-state index is -0.0141. The van der Waals surface area contributed by atoms with Crippen molar-refractivity contribution in [2.24, 2.45) is 4.99 Å². The maximum absolute atomic E-state index is 11.8. The van der Waals surface area contributed by atoms with Crippen LogP contribution in [0.3, 0.4) is 0 Å². The Balaban J connectivity index is 0.00000338. The SMILES string of the molecule is CCCNC(=NCC(=O)N(C)C)NCC(c1ccco1)N1CCCC1.I. The van der Waals surface area contributed by atoms with Crippen LogP contribution in [0, 0.1) is 0 Å². The van der Waals surface area contributed by atoms with E-state index in [1.54, 1.807) is 25.3 Å². The van der Waals surface area contributed by atoms with Crippen LogP contribution in [-0.2, 0) is 4.79 Å². The van der Waals surface area contributed by atoms with Crippen molar-refractivity contribution in [3.63, 3.8) is 0 Å². The quantitative estimate of drug-likeness (QED) is 0.341. The van der Waals surface area contributed by atoms with Gasteiger partial charge in [-0.2, -0.15) is 0 Å². The number of carbonyl (C=O) groups is 1. The molecule has 1 unspecified atom stereocenters. The predicted molar refractivity (Wildman–Crippen MR) is 115 cm³/mol. The van der Waals surface area contributed by atoms with E-state index in [0.29, 0.717) is 12.5 Å². The lowest BCUT2D eigenvalue weighted by atomic mass is 10.2. The lowest BCUT2D eigenvalue weighted by Gasteiger charge is -2.26. The first kappa shape index (κ1) is 22.8. The summed E-state index contributed by atoms with van der Waals surface area (Å²) in [4.78, 5) is 20.2. The topological polar surface area (TPSA) is 73.1 Å². The van der Waals surface area contributed by atoms with Crippen molar-refractivity contribution in [2.75, 3.05) is 46.8 Å². The molecule has 0 saturated carbocycles. The lowest BCUT2D eigenvalue weighted by Crippen LogP contribution is -2.43. The number of halogens is 1. The zero-order valence-electron chi connectivity index (χ0n) is 16.0. The Morgan fingerprint density at radius 3 is 2.65 bits per heavy atom. The number of nitrogens with one attached hydrogen (secondary N) is 2. The van der Waals surface area contributed by atoms with Gasteiger partial charge in [0.2, 0.25) is 5.91 Å². The zero-order chi connectivity index (χ0) is 18.1. The number of furan rings is 1. The third kappa shape index (κ3) is 7.14. The van der Waals surface area contributed by atoms with Gasteiger partial charge in [0.05, 0.1) is 12.3 Å². The molecule has 1 aromatic rings. The van der Waals surface area contributed by atoms with Crippen LogP contribution in [0.25, 0.3) is 0 Å². The molecule has 1 aliphatic heterocycles. The molecule has 2 heterocycles. The molecule has 1 saturated heterocycles. The van der Waals surface area contributed by atoms with Crippen LogP contribution in [-0.4, -0.2) is 68.5 Å². The van der Waals surface area contributed by atoms with E-state index in [1.807, 2.05) is 12.1 Å². The standard InChI is InChI=1S/C18H31N5O2.HI/c1-4-9-19-18(21-14-17(24)22(2)3)20-13-15(16-8-7-12-25-16)23-10-5-6-11-23;/h7-8,12,15H,4-6,9-11,13-14H2,1-3H3,(H2,19,20,21);1H. The minimum absolute atomic E-state index is 0. The number of likely N-dealkylation sites (tertiary alicyclic amines) is 1. The lowest BCUT2D eigenvalue weighted by molar-refractivity contribution is -0.127. The first-order chi connectivity index (χ1) is 12.1. The number of likely N-dealkylation sites (N-methyl/N-ethyl adjacent to an activating group) is 1. The summed E-state index contributed by atoms with van der Waals surface area (Å²) in [5.41, 5.74) is 0. The van der Waals surface area contributed by atoms with Crippen molar-refractivity contribution in [1.82, 2.24) is 20.4 Å². The first-order valence-electron chi connectivity index (χ1n) is 9.11. The number of amides is 1. The largest absolute Gasteiger partial charge is 0.468 e. The van der Waals surface area contributed by atoms with Gasteiger partial charge in [-0.3, -0.25) is 9.69 Å². The Hall–Kier alpha value is -1.29. The molecule has 0 aromatic carbocycles. The van der Waals surface area contributed by atoms with E-state index >= 15 is 0 Å². The van der Waals surface area contributed by atoms with Gasteiger partial charge >= 0.3 is 0 Å². The normalized spacial score (nSPS) is 16.0. The van der Waals surface area contributed by atoms with Crippen molar-refractivity contribution in [3.8, 4) is 0 Å². The Labute approximate surface area is 173 Å². The number of hydrogen-bond donors (Lipinski definition) is 2. The van der Waals surface area contributed by atoms with E-state index < -0.39 is 0 Å². The third-order valence-electron chi connectivity index (χ3n) is 4.33. The van der Waals surface area contributed by atoms with Gasteiger partial charge in [0.15, 0.2) is 5.96 Å². The zero-order valence-corrected chi connectivity index (χ0v) is 18.4. The fraction of sp³-hybridized carbons (Fsp3) is 0.667. The minimum Gasteiger partial charge on any atom is -0.468 e. The smallest absolute Gasteiger partial charge is 0.243 e. The summed E-state index contributed by atoms with van der Waals surface area (Å²) < 4.78 is 5.65. The highest BCUT2D eigenvalue weighted by molar-refractivity contribution is 14.0. The average molecular weight is 477 g/mol. The summed E-state index contributed by atoms with van der Waals surface area (Å²) in [6.07, 6.45) is 5.17. The van der Waals surface area contributed by atoms with E-state index in [9.17, 15) is 4.79 Å². The van der Waals surface area contributed by atoms with Gasteiger partial charge in [-0.1, -0.05) is 6.92 Å². The Morgan fingerprint density at radius 1 is 1.35 bits per heavy atom. The van der Waals surface area contributed by atoms with Gasteiger partial charge in [-0.25, -0.2) is 4.99 Å². The highest BCUT2D eigenvalue weighted by atomic mass is 127. The summed E-state index contributed by atoms with van der Waals surface area (Å²) in [5.74, 6) is 1.63. The van der Waals surface area contributed by atoms with Crippen molar-refractivity contribution in [1.29, 1.82) is 0 Å². The van der Waals surface area contributed by atoms with Crippen LogP contribution < -0.4 is 10.6 Å². The maximum Gasteiger partial charge on any atom is 0.243 e. The molecule has 0 spiro atoms.